The second kappa shape index (κ2) is 9.49. The van der Waals surface area contributed by atoms with Crippen LogP contribution < -0.4 is 15.1 Å². The van der Waals surface area contributed by atoms with E-state index in [1.54, 1.807) is 23.9 Å². The maximum Gasteiger partial charge on any atom is 0.172 e. The average molecular weight is 508 g/mol. The number of anilines is 2. The molecule has 0 spiro atoms. The molecule has 37 heavy (non-hydrogen) atoms. The molecule has 7 nitrogen and oxygen atoms in total. The van der Waals surface area contributed by atoms with Crippen LogP contribution in [0.1, 0.15) is 17.5 Å². The minimum Gasteiger partial charge on any atom is -0.595 e. The summed E-state index contributed by atoms with van der Waals surface area (Å²) in [6, 6.07) is 35.6. The van der Waals surface area contributed by atoms with Crippen molar-refractivity contribution in [1.29, 1.82) is 0 Å². The number of para-hydroxylation sites is 3. The van der Waals surface area contributed by atoms with E-state index >= 15 is 0 Å². The molecule has 0 saturated heterocycles. The van der Waals surface area contributed by atoms with E-state index in [4.69, 9.17) is 10.1 Å². The van der Waals surface area contributed by atoms with Crippen molar-refractivity contribution in [2.24, 2.45) is 10.1 Å². The first-order valence-corrected chi connectivity index (χ1v) is 13.2. The van der Waals surface area contributed by atoms with Crippen molar-refractivity contribution >= 4 is 45.4 Å². The van der Waals surface area contributed by atoms with Gasteiger partial charge < -0.3 is 5.21 Å². The second-order valence-corrected chi connectivity index (χ2v) is 9.73. The molecule has 0 aromatic heterocycles. The van der Waals surface area contributed by atoms with E-state index in [2.05, 4.69) is 58.6 Å². The van der Waals surface area contributed by atoms with Gasteiger partial charge in [-0.2, -0.15) is 10.3 Å². The fourth-order valence-electron chi connectivity index (χ4n) is 5.06. The molecule has 0 fully saturated rings. The van der Waals surface area contributed by atoms with Crippen LogP contribution in [0, 0.1) is 5.21 Å². The molecule has 2 heterocycles. The van der Waals surface area contributed by atoms with Gasteiger partial charge in [-0.05, 0) is 42.7 Å². The molecular formula is C29H25N5O2S. The number of benzene rings is 4. The zero-order valence-electron chi connectivity index (χ0n) is 20.2. The Hall–Kier alpha value is -3.95. The van der Waals surface area contributed by atoms with E-state index in [0.29, 0.717) is 6.42 Å². The van der Waals surface area contributed by atoms with Gasteiger partial charge in [0.05, 0.1) is 22.1 Å². The Morgan fingerprint density at radius 1 is 0.865 bits per heavy atom. The van der Waals surface area contributed by atoms with Gasteiger partial charge in [-0.15, -0.1) is 11.8 Å². The number of hydrazone groups is 1. The van der Waals surface area contributed by atoms with Crippen LogP contribution in [-0.2, 0) is 5.66 Å². The van der Waals surface area contributed by atoms with Crippen molar-refractivity contribution in [3.8, 4) is 0 Å². The van der Waals surface area contributed by atoms with Crippen LogP contribution in [0.15, 0.2) is 119 Å². The predicted molar refractivity (Wildman–Crippen MR) is 150 cm³/mol. The molecule has 0 bridgehead atoms. The molecule has 2 aliphatic rings. The Morgan fingerprint density at radius 3 is 2.19 bits per heavy atom. The Kier molecular flexibility index (Phi) is 6.02. The average Bonchev–Trinajstić information content (AvgIpc) is 3.21. The molecule has 0 aliphatic carbocycles. The van der Waals surface area contributed by atoms with Crippen LogP contribution in [-0.4, -0.2) is 22.3 Å². The summed E-state index contributed by atoms with van der Waals surface area (Å²) in [5.74, 6) is 0.731. The largest absolute Gasteiger partial charge is 0.595 e. The summed E-state index contributed by atoms with van der Waals surface area (Å²) in [7, 11) is 0. The lowest BCUT2D eigenvalue weighted by atomic mass is 9.92. The monoisotopic (exact) mass is 507 g/mol. The van der Waals surface area contributed by atoms with Crippen molar-refractivity contribution in [2.75, 3.05) is 16.2 Å². The highest BCUT2D eigenvalue weighted by Crippen LogP contribution is 2.51. The second-order valence-electron chi connectivity index (χ2n) is 8.85. The zero-order chi connectivity index (χ0) is 25.4. The van der Waals surface area contributed by atoms with Crippen LogP contribution in [0.2, 0.25) is 0 Å². The summed E-state index contributed by atoms with van der Waals surface area (Å²) in [4.78, 5) is 7.35. The quantitative estimate of drug-likeness (QED) is 0.360. The van der Waals surface area contributed by atoms with Gasteiger partial charge >= 0.3 is 0 Å². The van der Waals surface area contributed by atoms with Gasteiger partial charge in [0, 0.05) is 29.7 Å². The standard InChI is InChI=1S/C29H25N5O2S/c1-37-27-20-29(22-10-4-2-5-11-22)32(26-15-9-8-14-25(26)30-27)28(21-16-18-24(19-17-21)34(35)36)31-33(29)23-12-6-3-7-13-23/h2-19,34-35H,20H2,1H3/t29-/m0/s1. The van der Waals surface area contributed by atoms with Gasteiger partial charge in [-0.25, -0.2) is 15.2 Å². The third kappa shape index (κ3) is 3.91. The summed E-state index contributed by atoms with van der Waals surface area (Å²) in [5.41, 5.74) is 4.17. The Bertz CT molecular complexity index is 1480. The normalized spacial score (nSPS) is 19.4. The summed E-state index contributed by atoms with van der Waals surface area (Å²) in [6.45, 7) is 0. The lowest BCUT2D eigenvalue weighted by Gasteiger charge is -2.44. The molecule has 2 aliphatic heterocycles. The third-order valence-electron chi connectivity index (χ3n) is 6.75. The van der Waals surface area contributed by atoms with Crippen molar-refractivity contribution in [2.45, 2.75) is 12.1 Å². The number of rotatable bonds is 4. The SMILES string of the molecule is CSC1=Nc2ccccc2N2C(c3ccc([NH+]([O-])O)cc3)=NN(c3ccccc3)[C@]2(c2ccccc2)C1. The van der Waals surface area contributed by atoms with Crippen molar-refractivity contribution in [1.82, 2.24) is 0 Å². The van der Waals surface area contributed by atoms with E-state index in [0.717, 1.165) is 39.1 Å². The third-order valence-corrected chi connectivity index (χ3v) is 7.46. The molecule has 4 aromatic carbocycles. The summed E-state index contributed by atoms with van der Waals surface area (Å²) < 4.78 is 0. The maximum absolute atomic E-state index is 11.5. The Morgan fingerprint density at radius 2 is 1.51 bits per heavy atom. The molecule has 0 amide bonds. The highest BCUT2D eigenvalue weighted by Gasteiger charge is 2.54. The molecule has 2 atom stereocenters. The number of hydrogen-bond acceptors (Lipinski definition) is 7. The number of nitrogens with one attached hydrogen (secondary N) is 1. The molecule has 0 radical (unpaired) electrons. The summed E-state index contributed by atoms with van der Waals surface area (Å²) in [5, 5.41) is 28.4. The van der Waals surface area contributed by atoms with Crippen molar-refractivity contribution < 1.29 is 10.4 Å². The van der Waals surface area contributed by atoms with Gasteiger partial charge in [0.2, 0.25) is 0 Å². The fraction of sp³-hybridized carbons (Fsp3) is 0.103. The first kappa shape index (κ1) is 23.4. The number of amidine groups is 1. The maximum atomic E-state index is 11.5. The Labute approximate surface area is 219 Å². The lowest BCUT2D eigenvalue weighted by molar-refractivity contribution is -0.991. The predicted octanol–water partition coefficient (Wildman–Crippen LogP) is 5.43. The molecule has 6 rings (SSSR count). The van der Waals surface area contributed by atoms with Gasteiger partial charge in [-0.3, -0.25) is 4.90 Å². The number of fused-ring (bicyclic) bond motifs is 3. The molecule has 1 unspecified atom stereocenters. The smallest absolute Gasteiger partial charge is 0.172 e. The number of quaternary nitrogens is 1. The lowest BCUT2D eigenvalue weighted by Crippen LogP contribution is -2.99. The first-order chi connectivity index (χ1) is 18.1. The van der Waals surface area contributed by atoms with Crippen LogP contribution >= 0.6 is 11.8 Å². The van der Waals surface area contributed by atoms with Gasteiger partial charge in [0.15, 0.2) is 17.2 Å². The van der Waals surface area contributed by atoms with E-state index in [1.807, 2.05) is 54.6 Å². The number of thioether (sulfide) groups is 1. The zero-order valence-corrected chi connectivity index (χ0v) is 21.0. The number of nitrogens with zero attached hydrogens (tertiary/aromatic N) is 4. The van der Waals surface area contributed by atoms with Gasteiger partial charge in [0.1, 0.15) is 0 Å². The van der Waals surface area contributed by atoms with Gasteiger partial charge in [0.25, 0.3) is 0 Å². The number of aliphatic imine (C=N–C) groups is 1. The molecular weight excluding hydrogens is 482 g/mol. The minimum absolute atomic E-state index is 0.237. The molecule has 2 N–H and O–H groups in total. The van der Waals surface area contributed by atoms with Crippen molar-refractivity contribution in [3.05, 3.63) is 126 Å². The van der Waals surface area contributed by atoms with Crippen molar-refractivity contribution in [3.63, 3.8) is 0 Å². The molecule has 184 valence electrons. The first-order valence-electron chi connectivity index (χ1n) is 12.0. The van der Waals surface area contributed by atoms with E-state index in [-0.39, 0.29) is 5.69 Å². The van der Waals surface area contributed by atoms with E-state index in [1.165, 1.54) is 0 Å². The summed E-state index contributed by atoms with van der Waals surface area (Å²) in [6.07, 6.45) is 2.66. The topological polar surface area (TPSA) is 78.9 Å². The van der Waals surface area contributed by atoms with E-state index in [9.17, 15) is 10.4 Å². The Balaban J connectivity index is 1.66. The summed E-state index contributed by atoms with van der Waals surface area (Å²) >= 11 is 1.64. The minimum atomic E-state index is -0.956. The highest BCUT2D eigenvalue weighted by molar-refractivity contribution is 8.13. The molecule has 8 heteroatoms. The molecule has 4 aromatic rings. The van der Waals surface area contributed by atoms with Crippen LogP contribution in [0.4, 0.5) is 22.7 Å². The fourth-order valence-corrected chi connectivity index (χ4v) is 5.59. The highest BCUT2D eigenvalue weighted by atomic mass is 32.2. The van der Waals surface area contributed by atoms with Crippen LogP contribution in [0.3, 0.4) is 0 Å². The van der Waals surface area contributed by atoms with Crippen LogP contribution in [0.25, 0.3) is 0 Å². The molecule has 0 saturated carbocycles. The number of hydrogen-bond donors (Lipinski definition) is 2. The van der Waals surface area contributed by atoms with E-state index < -0.39 is 10.9 Å². The van der Waals surface area contributed by atoms with Crippen LogP contribution in [0.5, 0.6) is 0 Å². The van der Waals surface area contributed by atoms with Gasteiger partial charge in [-0.1, -0.05) is 60.7 Å².